The van der Waals surface area contributed by atoms with Gasteiger partial charge < -0.3 is 20.3 Å². The number of hydrogen-bond donors (Lipinski definition) is 2. The first kappa shape index (κ1) is 25.2. The summed E-state index contributed by atoms with van der Waals surface area (Å²) in [5.41, 5.74) is 4.04. The van der Waals surface area contributed by atoms with Gasteiger partial charge in [0.25, 0.3) is 11.8 Å². The Hall–Kier alpha value is -2.86. The van der Waals surface area contributed by atoms with Crippen LogP contribution in [0.4, 0.5) is 11.4 Å². The van der Waals surface area contributed by atoms with Crippen molar-refractivity contribution in [2.24, 2.45) is 0 Å². The van der Waals surface area contributed by atoms with Gasteiger partial charge in [-0.3, -0.25) is 9.59 Å². The van der Waals surface area contributed by atoms with Gasteiger partial charge in [0, 0.05) is 43.2 Å². The first-order valence-electron chi connectivity index (χ1n) is 13.3. The number of hydrogen-bond acceptors (Lipinski definition) is 4. The van der Waals surface area contributed by atoms with Gasteiger partial charge in [-0.15, -0.1) is 0 Å². The standard InChI is InChI=1S/C29H39N3O3/c1-2-3-5-9-22-11-13-23(14-12-22)28(33)31-24-15-16-27(32-17-6-4-7-18-32)26(20-24)29(34)30-21-25-10-8-19-35-25/h11-16,20,25H,2-10,17-19,21H2,1H3,(H,30,34)(H,31,33). The van der Waals surface area contributed by atoms with Crippen LogP contribution in [0.3, 0.4) is 0 Å². The lowest BCUT2D eigenvalue weighted by Gasteiger charge is -2.30. The Morgan fingerprint density at radius 2 is 1.77 bits per heavy atom. The van der Waals surface area contributed by atoms with Gasteiger partial charge in [-0.2, -0.15) is 0 Å². The Labute approximate surface area is 209 Å². The van der Waals surface area contributed by atoms with E-state index < -0.39 is 0 Å². The number of aryl methyl sites for hydroxylation is 1. The van der Waals surface area contributed by atoms with Crippen LogP contribution in [-0.2, 0) is 11.2 Å². The molecule has 0 bridgehead atoms. The summed E-state index contributed by atoms with van der Waals surface area (Å²) in [6.07, 6.45) is 10.2. The van der Waals surface area contributed by atoms with Crippen LogP contribution in [0.2, 0.25) is 0 Å². The largest absolute Gasteiger partial charge is 0.376 e. The zero-order valence-corrected chi connectivity index (χ0v) is 21.0. The minimum Gasteiger partial charge on any atom is -0.376 e. The first-order valence-corrected chi connectivity index (χ1v) is 13.3. The second-order valence-corrected chi connectivity index (χ2v) is 9.73. The lowest BCUT2D eigenvalue weighted by molar-refractivity contribution is 0.0858. The molecular weight excluding hydrogens is 438 g/mol. The molecule has 1 unspecified atom stereocenters. The highest BCUT2D eigenvalue weighted by molar-refractivity contribution is 6.06. The Balaban J connectivity index is 1.46. The summed E-state index contributed by atoms with van der Waals surface area (Å²) in [5, 5.41) is 6.05. The lowest BCUT2D eigenvalue weighted by Crippen LogP contribution is -2.35. The summed E-state index contributed by atoms with van der Waals surface area (Å²) in [6.45, 7) is 5.37. The Kier molecular flexibility index (Phi) is 9.18. The van der Waals surface area contributed by atoms with Gasteiger partial charge in [-0.1, -0.05) is 31.9 Å². The number of benzene rings is 2. The normalized spacial score (nSPS) is 17.9. The van der Waals surface area contributed by atoms with E-state index in [1.165, 1.54) is 31.2 Å². The van der Waals surface area contributed by atoms with E-state index in [-0.39, 0.29) is 17.9 Å². The number of piperidine rings is 1. The van der Waals surface area contributed by atoms with Crippen LogP contribution in [-0.4, -0.2) is 44.2 Å². The molecule has 188 valence electrons. The number of nitrogens with zero attached hydrogens (tertiary/aromatic N) is 1. The second-order valence-electron chi connectivity index (χ2n) is 9.73. The SMILES string of the molecule is CCCCCc1ccc(C(=O)Nc2ccc(N3CCCCC3)c(C(=O)NCC3CCCO3)c2)cc1. The lowest BCUT2D eigenvalue weighted by atomic mass is 10.0. The highest BCUT2D eigenvalue weighted by atomic mass is 16.5. The van der Waals surface area contributed by atoms with Gasteiger partial charge in [0.15, 0.2) is 0 Å². The maximum atomic E-state index is 13.2. The molecule has 2 aromatic carbocycles. The van der Waals surface area contributed by atoms with Gasteiger partial charge in [0.1, 0.15) is 0 Å². The zero-order chi connectivity index (χ0) is 24.5. The maximum absolute atomic E-state index is 13.2. The molecule has 0 aromatic heterocycles. The van der Waals surface area contributed by atoms with Gasteiger partial charge in [-0.05, 0) is 80.8 Å². The van der Waals surface area contributed by atoms with E-state index in [1.807, 2.05) is 42.5 Å². The highest BCUT2D eigenvalue weighted by Crippen LogP contribution is 2.28. The van der Waals surface area contributed by atoms with Crippen molar-refractivity contribution in [1.82, 2.24) is 5.32 Å². The van der Waals surface area contributed by atoms with Crippen LogP contribution < -0.4 is 15.5 Å². The molecule has 2 amide bonds. The van der Waals surface area contributed by atoms with E-state index in [1.54, 1.807) is 0 Å². The fraction of sp³-hybridized carbons (Fsp3) is 0.517. The van der Waals surface area contributed by atoms with Crippen molar-refractivity contribution >= 4 is 23.2 Å². The molecular formula is C29H39N3O3. The van der Waals surface area contributed by atoms with Gasteiger partial charge in [0.05, 0.1) is 11.7 Å². The molecule has 6 nitrogen and oxygen atoms in total. The fourth-order valence-corrected chi connectivity index (χ4v) is 4.92. The molecule has 0 spiro atoms. The second kappa shape index (κ2) is 12.7. The summed E-state index contributed by atoms with van der Waals surface area (Å²) in [7, 11) is 0. The van der Waals surface area contributed by atoms with E-state index in [9.17, 15) is 9.59 Å². The van der Waals surface area contributed by atoms with Gasteiger partial charge in [-0.25, -0.2) is 0 Å². The molecule has 2 aliphatic heterocycles. The molecule has 2 aliphatic rings. The molecule has 2 fully saturated rings. The van der Waals surface area contributed by atoms with Gasteiger partial charge >= 0.3 is 0 Å². The summed E-state index contributed by atoms with van der Waals surface area (Å²) >= 11 is 0. The molecule has 4 rings (SSSR count). The van der Waals surface area contributed by atoms with E-state index in [0.29, 0.717) is 23.4 Å². The number of carbonyl (C=O) groups excluding carboxylic acids is 2. The molecule has 0 saturated carbocycles. The molecule has 0 aliphatic carbocycles. The van der Waals surface area contributed by atoms with Crippen molar-refractivity contribution in [2.45, 2.75) is 70.8 Å². The zero-order valence-electron chi connectivity index (χ0n) is 21.0. The van der Waals surface area contributed by atoms with Crippen LogP contribution in [0, 0.1) is 0 Å². The smallest absolute Gasteiger partial charge is 0.255 e. The molecule has 2 aromatic rings. The molecule has 6 heteroatoms. The van der Waals surface area contributed by atoms with E-state index in [0.717, 1.165) is 57.5 Å². The number of rotatable bonds is 10. The molecule has 2 heterocycles. The third-order valence-corrected chi connectivity index (χ3v) is 7.00. The van der Waals surface area contributed by atoms with Crippen LogP contribution >= 0.6 is 0 Å². The van der Waals surface area contributed by atoms with Crippen molar-refractivity contribution < 1.29 is 14.3 Å². The number of carbonyl (C=O) groups is 2. The topological polar surface area (TPSA) is 70.7 Å². The molecule has 2 N–H and O–H groups in total. The average molecular weight is 478 g/mol. The van der Waals surface area contributed by atoms with Crippen molar-refractivity contribution in [3.05, 3.63) is 59.2 Å². The number of ether oxygens (including phenoxy) is 1. The predicted octanol–water partition coefficient (Wildman–Crippen LogP) is 5.57. The quantitative estimate of drug-likeness (QED) is 0.439. The van der Waals surface area contributed by atoms with E-state index in [4.69, 9.17) is 4.74 Å². The monoisotopic (exact) mass is 477 g/mol. The Morgan fingerprint density at radius 3 is 2.49 bits per heavy atom. The molecule has 35 heavy (non-hydrogen) atoms. The number of amides is 2. The van der Waals surface area contributed by atoms with Crippen LogP contribution in [0.5, 0.6) is 0 Å². The van der Waals surface area contributed by atoms with E-state index in [2.05, 4.69) is 22.5 Å². The van der Waals surface area contributed by atoms with Crippen LogP contribution in [0.25, 0.3) is 0 Å². The van der Waals surface area contributed by atoms with Crippen molar-refractivity contribution in [3.63, 3.8) is 0 Å². The van der Waals surface area contributed by atoms with Crippen molar-refractivity contribution in [3.8, 4) is 0 Å². The third kappa shape index (κ3) is 7.07. The molecule has 1 atom stereocenters. The summed E-state index contributed by atoms with van der Waals surface area (Å²) < 4.78 is 5.66. The third-order valence-electron chi connectivity index (χ3n) is 7.00. The van der Waals surface area contributed by atoms with Crippen LogP contribution in [0.1, 0.15) is 84.6 Å². The number of unbranched alkanes of at least 4 members (excludes halogenated alkanes) is 2. The minimum atomic E-state index is -0.165. The van der Waals surface area contributed by atoms with Crippen molar-refractivity contribution in [2.75, 3.05) is 36.5 Å². The van der Waals surface area contributed by atoms with Crippen molar-refractivity contribution in [1.29, 1.82) is 0 Å². The summed E-state index contributed by atoms with van der Waals surface area (Å²) in [6, 6.07) is 13.5. The number of nitrogens with one attached hydrogen (secondary N) is 2. The first-order chi connectivity index (χ1) is 17.1. The number of anilines is 2. The summed E-state index contributed by atoms with van der Waals surface area (Å²) in [5.74, 6) is -0.282. The Bertz CT molecular complexity index is 977. The van der Waals surface area contributed by atoms with E-state index >= 15 is 0 Å². The highest BCUT2D eigenvalue weighted by Gasteiger charge is 2.22. The fourth-order valence-electron chi connectivity index (χ4n) is 4.92. The van der Waals surface area contributed by atoms with Crippen LogP contribution in [0.15, 0.2) is 42.5 Å². The summed E-state index contributed by atoms with van der Waals surface area (Å²) in [4.78, 5) is 28.4. The van der Waals surface area contributed by atoms with Gasteiger partial charge in [0.2, 0.25) is 0 Å². The average Bonchev–Trinajstić information content (AvgIpc) is 3.42. The molecule has 2 saturated heterocycles. The Morgan fingerprint density at radius 1 is 0.971 bits per heavy atom. The predicted molar refractivity (Wildman–Crippen MR) is 141 cm³/mol. The minimum absolute atomic E-state index is 0.0882. The molecule has 0 radical (unpaired) electrons. The maximum Gasteiger partial charge on any atom is 0.255 e.